The first-order valence-corrected chi connectivity index (χ1v) is 7.68. The molecule has 0 spiro atoms. The number of hydrogen-bond acceptors (Lipinski definition) is 9. The van der Waals surface area contributed by atoms with Crippen LogP contribution in [0.1, 0.15) is 30.3 Å². The van der Waals surface area contributed by atoms with Crippen LogP contribution in [0.15, 0.2) is 27.3 Å². The number of aryl methyl sites for hydroxylation is 1. The average Bonchev–Trinajstić information content (AvgIpc) is 3.26. The van der Waals surface area contributed by atoms with E-state index >= 15 is 0 Å². The van der Waals surface area contributed by atoms with E-state index < -0.39 is 0 Å². The smallest absolute Gasteiger partial charge is 0.238 e. The first-order valence-electron chi connectivity index (χ1n) is 6.86. The molecule has 120 valence electrons. The van der Waals surface area contributed by atoms with Crippen LogP contribution in [0.2, 0.25) is 0 Å². The van der Waals surface area contributed by atoms with Gasteiger partial charge in [-0.05, 0) is 19.1 Å². The fourth-order valence-electron chi connectivity index (χ4n) is 1.88. The average molecular weight is 334 g/mol. The molecule has 3 aromatic heterocycles. The van der Waals surface area contributed by atoms with Gasteiger partial charge in [-0.25, -0.2) is 0 Å². The van der Waals surface area contributed by atoms with Gasteiger partial charge in [-0.1, -0.05) is 16.5 Å². The van der Waals surface area contributed by atoms with Gasteiger partial charge in [-0.2, -0.15) is 4.98 Å². The maximum Gasteiger partial charge on any atom is 0.238 e. The van der Waals surface area contributed by atoms with Crippen molar-refractivity contribution in [3.05, 3.63) is 29.3 Å². The van der Waals surface area contributed by atoms with Crippen molar-refractivity contribution in [1.29, 1.82) is 0 Å². The van der Waals surface area contributed by atoms with Gasteiger partial charge < -0.3 is 20.0 Å². The Morgan fingerprint density at radius 2 is 2.35 bits per heavy atom. The van der Waals surface area contributed by atoms with E-state index in [1.54, 1.807) is 12.1 Å². The summed E-state index contributed by atoms with van der Waals surface area (Å²) in [5, 5.41) is 15.3. The minimum Gasteiger partial charge on any atom is -0.461 e. The zero-order valence-corrected chi connectivity index (χ0v) is 13.0. The normalized spacial score (nSPS) is 12.2. The molecule has 1 unspecified atom stereocenters. The summed E-state index contributed by atoms with van der Waals surface area (Å²) >= 11 is 1.24. The SMILES string of the molecule is CC(NC(=O)CCc1nc(-c2ccco2)no1)c1nnc(N)s1. The van der Waals surface area contributed by atoms with Gasteiger partial charge in [-0.3, -0.25) is 4.79 Å². The second kappa shape index (κ2) is 6.57. The second-order valence-corrected chi connectivity index (χ2v) is 5.80. The predicted molar refractivity (Wildman–Crippen MR) is 81.2 cm³/mol. The highest BCUT2D eigenvalue weighted by atomic mass is 32.1. The third-order valence-electron chi connectivity index (χ3n) is 2.98. The summed E-state index contributed by atoms with van der Waals surface area (Å²) in [7, 11) is 0. The van der Waals surface area contributed by atoms with Crippen molar-refractivity contribution in [2.75, 3.05) is 5.73 Å². The zero-order chi connectivity index (χ0) is 16.2. The van der Waals surface area contributed by atoms with E-state index in [1.165, 1.54) is 17.6 Å². The maximum atomic E-state index is 11.9. The lowest BCUT2D eigenvalue weighted by Gasteiger charge is -2.09. The Morgan fingerprint density at radius 3 is 3.04 bits per heavy atom. The van der Waals surface area contributed by atoms with Crippen molar-refractivity contribution in [3.8, 4) is 11.6 Å². The van der Waals surface area contributed by atoms with Crippen LogP contribution in [0.25, 0.3) is 11.6 Å². The van der Waals surface area contributed by atoms with Gasteiger partial charge in [0.15, 0.2) is 5.76 Å². The number of amides is 1. The first-order chi connectivity index (χ1) is 11.1. The van der Waals surface area contributed by atoms with Crippen molar-refractivity contribution in [3.63, 3.8) is 0 Å². The minimum absolute atomic E-state index is 0.149. The lowest BCUT2D eigenvalue weighted by atomic mass is 10.2. The second-order valence-electron chi connectivity index (χ2n) is 4.76. The number of carbonyl (C=O) groups is 1. The highest BCUT2D eigenvalue weighted by Gasteiger charge is 2.16. The predicted octanol–water partition coefficient (Wildman–Crippen LogP) is 1.57. The number of carbonyl (C=O) groups excluding carboxylic acids is 1. The number of furan rings is 1. The molecule has 10 heteroatoms. The summed E-state index contributed by atoms with van der Waals surface area (Å²) in [4.78, 5) is 16.1. The lowest BCUT2D eigenvalue weighted by Crippen LogP contribution is -2.26. The van der Waals surface area contributed by atoms with Gasteiger partial charge in [-0.15, -0.1) is 10.2 Å². The number of aromatic nitrogens is 4. The molecule has 0 aliphatic heterocycles. The van der Waals surface area contributed by atoms with Gasteiger partial charge >= 0.3 is 0 Å². The number of nitrogen functional groups attached to an aromatic ring is 1. The van der Waals surface area contributed by atoms with Crippen molar-refractivity contribution < 1.29 is 13.7 Å². The number of anilines is 1. The van der Waals surface area contributed by atoms with Crippen molar-refractivity contribution in [2.45, 2.75) is 25.8 Å². The Bertz CT molecular complexity index is 781. The molecule has 0 saturated carbocycles. The molecule has 1 atom stereocenters. The van der Waals surface area contributed by atoms with E-state index in [1.807, 2.05) is 6.92 Å². The molecule has 9 nitrogen and oxygen atoms in total. The monoisotopic (exact) mass is 334 g/mol. The van der Waals surface area contributed by atoms with Crippen LogP contribution >= 0.6 is 11.3 Å². The molecule has 0 aliphatic carbocycles. The molecule has 0 radical (unpaired) electrons. The molecule has 0 fully saturated rings. The van der Waals surface area contributed by atoms with Gasteiger partial charge in [0, 0.05) is 12.8 Å². The van der Waals surface area contributed by atoms with E-state index in [9.17, 15) is 4.79 Å². The van der Waals surface area contributed by atoms with E-state index in [4.69, 9.17) is 14.7 Å². The van der Waals surface area contributed by atoms with Crippen molar-refractivity contribution >= 4 is 22.4 Å². The summed E-state index contributed by atoms with van der Waals surface area (Å²) in [6.07, 6.45) is 2.09. The van der Waals surface area contributed by atoms with Gasteiger partial charge in [0.2, 0.25) is 22.8 Å². The summed E-state index contributed by atoms with van der Waals surface area (Å²) in [5.41, 5.74) is 5.52. The van der Waals surface area contributed by atoms with Crippen LogP contribution in [0.3, 0.4) is 0 Å². The first kappa shape index (κ1) is 15.2. The molecule has 3 aromatic rings. The molecule has 3 heterocycles. The lowest BCUT2D eigenvalue weighted by molar-refractivity contribution is -0.121. The Labute approximate surface area is 134 Å². The zero-order valence-electron chi connectivity index (χ0n) is 12.2. The van der Waals surface area contributed by atoms with Gasteiger partial charge in [0.1, 0.15) is 5.01 Å². The molecular formula is C13H14N6O3S. The van der Waals surface area contributed by atoms with Crippen LogP contribution in [-0.2, 0) is 11.2 Å². The number of rotatable bonds is 6. The Kier molecular flexibility index (Phi) is 4.33. The van der Waals surface area contributed by atoms with E-state index in [-0.39, 0.29) is 18.4 Å². The molecule has 3 rings (SSSR count). The number of hydrogen-bond donors (Lipinski definition) is 2. The molecule has 0 aliphatic rings. The van der Waals surface area contributed by atoms with E-state index in [2.05, 4.69) is 25.7 Å². The fraction of sp³-hybridized carbons (Fsp3) is 0.308. The summed E-state index contributed by atoms with van der Waals surface area (Å²) < 4.78 is 10.3. The molecule has 23 heavy (non-hydrogen) atoms. The number of nitrogens with zero attached hydrogens (tertiary/aromatic N) is 4. The summed E-state index contributed by atoms with van der Waals surface area (Å²) in [6.45, 7) is 1.82. The van der Waals surface area contributed by atoms with Crippen LogP contribution in [0.4, 0.5) is 5.13 Å². The van der Waals surface area contributed by atoms with Crippen molar-refractivity contribution in [2.24, 2.45) is 0 Å². The Hall–Kier alpha value is -2.75. The van der Waals surface area contributed by atoms with Crippen molar-refractivity contribution in [1.82, 2.24) is 25.7 Å². The third kappa shape index (κ3) is 3.72. The Morgan fingerprint density at radius 1 is 1.48 bits per heavy atom. The minimum atomic E-state index is -0.251. The molecule has 3 N–H and O–H groups in total. The highest BCUT2D eigenvalue weighted by molar-refractivity contribution is 7.15. The number of nitrogens with one attached hydrogen (secondary N) is 1. The summed E-state index contributed by atoms with van der Waals surface area (Å²) in [6, 6.07) is 3.22. The standard InChI is InChI=1S/C13H14N6O3S/c1-7(12-17-18-13(14)23-12)15-9(20)4-5-10-16-11(19-22-10)8-3-2-6-21-8/h2-3,6-7H,4-5H2,1H3,(H2,14,18)(H,15,20). The highest BCUT2D eigenvalue weighted by Crippen LogP contribution is 2.19. The van der Waals surface area contributed by atoms with Gasteiger partial charge in [0.25, 0.3) is 0 Å². The molecule has 1 amide bonds. The van der Waals surface area contributed by atoms with Crippen LogP contribution < -0.4 is 11.1 Å². The molecular weight excluding hydrogens is 320 g/mol. The summed E-state index contributed by atoms with van der Waals surface area (Å²) in [5.74, 6) is 1.11. The topological polar surface area (TPSA) is 133 Å². The van der Waals surface area contributed by atoms with E-state index in [0.29, 0.717) is 34.0 Å². The van der Waals surface area contributed by atoms with Crippen LogP contribution in [-0.4, -0.2) is 26.2 Å². The van der Waals surface area contributed by atoms with E-state index in [0.717, 1.165) is 0 Å². The molecule has 0 aromatic carbocycles. The van der Waals surface area contributed by atoms with Crippen LogP contribution in [0.5, 0.6) is 0 Å². The quantitative estimate of drug-likeness (QED) is 0.694. The van der Waals surface area contributed by atoms with Crippen LogP contribution in [0, 0.1) is 0 Å². The third-order valence-corrected chi connectivity index (χ3v) is 3.91. The molecule has 0 bridgehead atoms. The fourth-order valence-corrected chi connectivity index (χ4v) is 2.49. The largest absolute Gasteiger partial charge is 0.461 e. The maximum absolute atomic E-state index is 11.9. The molecule has 0 saturated heterocycles. The number of nitrogens with two attached hydrogens (primary N) is 1. The Balaban J connectivity index is 1.51. The van der Waals surface area contributed by atoms with Gasteiger partial charge in [0.05, 0.1) is 12.3 Å².